The number of allylic oxidation sites excluding steroid dienone is 3. The molecule has 0 fully saturated rings. The van der Waals surface area contributed by atoms with Crippen molar-refractivity contribution in [2.75, 3.05) is 0 Å². The minimum absolute atomic E-state index is 0.0506. The molecule has 0 aliphatic carbocycles. The van der Waals surface area contributed by atoms with E-state index in [1.165, 1.54) is 19.1 Å². The number of rotatable bonds is 5. The van der Waals surface area contributed by atoms with Gasteiger partial charge in [-0.2, -0.15) is 13.2 Å². The molecule has 1 aromatic carbocycles. The number of aliphatic carboxylic acids is 1. The third-order valence-electron chi connectivity index (χ3n) is 3.72. The topological polar surface area (TPSA) is 63.6 Å². The second kappa shape index (κ2) is 8.03. The van der Waals surface area contributed by atoms with E-state index in [1.54, 1.807) is 24.3 Å². The van der Waals surface area contributed by atoms with E-state index in [2.05, 4.69) is 0 Å². The van der Waals surface area contributed by atoms with Crippen LogP contribution in [0.2, 0.25) is 0 Å². The normalized spacial score (nSPS) is 20.6. The molecule has 1 atom stereocenters. The van der Waals surface area contributed by atoms with Crippen LogP contribution in [0.15, 0.2) is 65.5 Å². The summed E-state index contributed by atoms with van der Waals surface area (Å²) in [6.07, 6.45) is -3.66. The Kier molecular flexibility index (Phi) is 6.02. The number of benzene rings is 1. The van der Waals surface area contributed by atoms with Crippen molar-refractivity contribution >= 4 is 11.8 Å². The first-order chi connectivity index (χ1) is 12.2. The van der Waals surface area contributed by atoms with Crippen LogP contribution in [0.4, 0.5) is 13.2 Å². The molecule has 1 aliphatic heterocycles. The smallest absolute Gasteiger partial charge is 0.430 e. The van der Waals surface area contributed by atoms with E-state index < -0.39 is 23.8 Å². The van der Waals surface area contributed by atoms with Gasteiger partial charge in [-0.3, -0.25) is 4.79 Å². The van der Waals surface area contributed by atoms with E-state index in [0.717, 1.165) is 11.6 Å². The van der Waals surface area contributed by atoms with Gasteiger partial charge < -0.3 is 9.84 Å². The summed E-state index contributed by atoms with van der Waals surface area (Å²) in [4.78, 5) is 23.2. The average molecular weight is 366 g/mol. The molecule has 1 heterocycles. The lowest BCUT2D eigenvalue weighted by molar-refractivity contribution is -0.200. The number of ketones is 1. The molecule has 0 aromatic heterocycles. The van der Waals surface area contributed by atoms with Crippen molar-refractivity contribution in [2.24, 2.45) is 0 Å². The minimum atomic E-state index is -4.85. The highest BCUT2D eigenvalue weighted by Gasteiger charge is 2.48. The van der Waals surface area contributed by atoms with E-state index in [4.69, 9.17) is 9.84 Å². The van der Waals surface area contributed by atoms with Gasteiger partial charge in [0.25, 0.3) is 0 Å². The van der Waals surface area contributed by atoms with Crippen LogP contribution in [-0.2, 0) is 20.7 Å². The Morgan fingerprint density at radius 1 is 1.23 bits per heavy atom. The van der Waals surface area contributed by atoms with Gasteiger partial charge in [-0.05, 0) is 24.6 Å². The van der Waals surface area contributed by atoms with Gasteiger partial charge in [0, 0.05) is 18.4 Å². The van der Waals surface area contributed by atoms with Crippen LogP contribution in [0.5, 0.6) is 0 Å². The number of carboxylic acids is 1. The molecule has 4 nitrogen and oxygen atoms in total. The Bertz CT molecular complexity index is 774. The maximum absolute atomic E-state index is 13.0. The summed E-state index contributed by atoms with van der Waals surface area (Å²) in [6.45, 7) is 1.47. The molecule has 7 heteroatoms. The summed E-state index contributed by atoms with van der Waals surface area (Å²) >= 11 is 0. The zero-order valence-electron chi connectivity index (χ0n) is 13.9. The SMILES string of the molecule is C/C=C1/OC(C(F)(F)F)C(C(=O)O)=C/C1=C/CC(=O)Cc1ccccc1. The summed E-state index contributed by atoms with van der Waals surface area (Å²) < 4.78 is 43.9. The number of Topliss-reactive ketones (excluding diaryl/α,β-unsaturated/α-hetero) is 1. The lowest BCUT2D eigenvalue weighted by Gasteiger charge is -2.28. The average Bonchev–Trinajstić information content (AvgIpc) is 2.59. The number of carboxylic acid groups (broad SMARTS) is 1. The maximum Gasteiger partial charge on any atom is 0.430 e. The van der Waals surface area contributed by atoms with Crippen molar-refractivity contribution in [3.8, 4) is 0 Å². The van der Waals surface area contributed by atoms with E-state index in [9.17, 15) is 22.8 Å². The summed E-state index contributed by atoms with van der Waals surface area (Å²) in [5, 5.41) is 9.06. The number of halogens is 3. The van der Waals surface area contributed by atoms with Gasteiger partial charge in [-0.25, -0.2) is 4.79 Å². The molecule has 26 heavy (non-hydrogen) atoms. The van der Waals surface area contributed by atoms with E-state index in [0.29, 0.717) is 0 Å². The molecule has 1 aromatic rings. The summed E-state index contributed by atoms with van der Waals surface area (Å²) in [6, 6.07) is 9.01. The Labute approximate surface area is 148 Å². The quantitative estimate of drug-likeness (QED) is 0.856. The molecule has 2 rings (SSSR count). The third-order valence-corrected chi connectivity index (χ3v) is 3.72. The van der Waals surface area contributed by atoms with Crippen LogP contribution < -0.4 is 0 Å². The van der Waals surface area contributed by atoms with Crippen LogP contribution in [0.25, 0.3) is 0 Å². The standard InChI is InChI=1S/C19H17F3O4/c1-2-16-13(8-9-14(23)10-12-6-4-3-5-7-12)11-15(18(24)25)17(26-16)19(20,21)22/h2-8,11,17H,9-10H2,1H3,(H,24,25)/b13-8-,16-2+. The van der Waals surface area contributed by atoms with E-state index >= 15 is 0 Å². The monoisotopic (exact) mass is 366 g/mol. The highest BCUT2D eigenvalue weighted by Crippen LogP contribution is 2.36. The minimum Gasteiger partial charge on any atom is -0.478 e. The van der Waals surface area contributed by atoms with Crippen LogP contribution >= 0.6 is 0 Å². The first-order valence-corrected chi connectivity index (χ1v) is 7.83. The van der Waals surface area contributed by atoms with Crippen molar-refractivity contribution in [3.05, 3.63) is 71.0 Å². The first kappa shape index (κ1) is 19.5. The predicted molar refractivity (Wildman–Crippen MR) is 88.3 cm³/mol. The Morgan fingerprint density at radius 2 is 1.88 bits per heavy atom. The Balaban J connectivity index is 2.23. The van der Waals surface area contributed by atoms with Crippen molar-refractivity contribution in [3.63, 3.8) is 0 Å². The molecule has 0 saturated carbocycles. The number of alkyl halides is 3. The van der Waals surface area contributed by atoms with Crippen LogP contribution in [0.3, 0.4) is 0 Å². The molecular weight excluding hydrogens is 349 g/mol. The molecule has 0 amide bonds. The zero-order valence-corrected chi connectivity index (χ0v) is 13.9. The van der Waals surface area contributed by atoms with Gasteiger partial charge in [-0.1, -0.05) is 36.4 Å². The lowest BCUT2D eigenvalue weighted by Crippen LogP contribution is -2.38. The van der Waals surface area contributed by atoms with Crippen LogP contribution in [0, 0.1) is 0 Å². The first-order valence-electron chi connectivity index (χ1n) is 7.83. The number of hydrogen-bond donors (Lipinski definition) is 1. The van der Waals surface area contributed by atoms with Gasteiger partial charge in [0.05, 0.1) is 5.57 Å². The molecule has 0 saturated heterocycles. The lowest BCUT2D eigenvalue weighted by atomic mass is 9.98. The molecule has 0 spiro atoms. The molecule has 1 N–H and O–H groups in total. The Hall–Kier alpha value is -2.83. The Morgan fingerprint density at radius 3 is 2.42 bits per heavy atom. The summed E-state index contributed by atoms with van der Waals surface area (Å²) in [5.41, 5.74) is 0.0534. The van der Waals surface area contributed by atoms with Crippen molar-refractivity contribution in [1.82, 2.24) is 0 Å². The maximum atomic E-state index is 13.0. The summed E-state index contributed by atoms with van der Waals surface area (Å²) in [7, 11) is 0. The van der Waals surface area contributed by atoms with Gasteiger partial charge in [-0.15, -0.1) is 0 Å². The predicted octanol–water partition coefficient (Wildman–Crippen LogP) is 3.99. The third kappa shape index (κ3) is 4.84. The number of carbonyl (C=O) groups is 2. The van der Waals surface area contributed by atoms with Crippen molar-refractivity contribution < 1.29 is 32.6 Å². The molecule has 0 radical (unpaired) electrons. The largest absolute Gasteiger partial charge is 0.478 e. The highest BCUT2D eigenvalue weighted by molar-refractivity contribution is 5.89. The number of ether oxygens (including phenoxy) is 1. The summed E-state index contributed by atoms with van der Waals surface area (Å²) in [5.74, 6) is -1.98. The van der Waals surface area contributed by atoms with Crippen molar-refractivity contribution in [2.45, 2.75) is 32.0 Å². The molecular formula is C19H17F3O4. The number of hydrogen-bond acceptors (Lipinski definition) is 3. The zero-order chi connectivity index (χ0) is 19.3. The second-order valence-corrected chi connectivity index (χ2v) is 5.66. The molecule has 138 valence electrons. The molecule has 1 unspecified atom stereocenters. The molecule has 0 bridgehead atoms. The van der Waals surface area contributed by atoms with E-state index in [-0.39, 0.29) is 30.0 Å². The fourth-order valence-corrected chi connectivity index (χ4v) is 2.50. The van der Waals surface area contributed by atoms with Crippen LogP contribution in [0.1, 0.15) is 18.9 Å². The second-order valence-electron chi connectivity index (χ2n) is 5.66. The van der Waals surface area contributed by atoms with Gasteiger partial charge in [0.2, 0.25) is 6.10 Å². The van der Waals surface area contributed by atoms with Crippen LogP contribution in [-0.4, -0.2) is 29.1 Å². The fraction of sp³-hybridized carbons (Fsp3) is 0.263. The molecule has 1 aliphatic rings. The number of carbonyl (C=O) groups excluding carboxylic acids is 1. The van der Waals surface area contributed by atoms with Gasteiger partial charge >= 0.3 is 12.1 Å². The fourth-order valence-electron chi connectivity index (χ4n) is 2.50. The van der Waals surface area contributed by atoms with E-state index in [1.807, 2.05) is 6.07 Å². The highest BCUT2D eigenvalue weighted by atomic mass is 19.4. The van der Waals surface area contributed by atoms with Crippen molar-refractivity contribution in [1.29, 1.82) is 0 Å². The van der Waals surface area contributed by atoms with Gasteiger partial charge in [0.1, 0.15) is 11.5 Å². The van der Waals surface area contributed by atoms with Gasteiger partial charge in [0.15, 0.2) is 0 Å².